The summed E-state index contributed by atoms with van der Waals surface area (Å²) in [7, 11) is 1.58. The van der Waals surface area contributed by atoms with Gasteiger partial charge in [-0.25, -0.2) is 4.68 Å². The van der Waals surface area contributed by atoms with Gasteiger partial charge in [-0.1, -0.05) is 5.16 Å². The van der Waals surface area contributed by atoms with E-state index in [2.05, 4.69) is 31.0 Å². The number of nitrogens with zero attached hydrogens (tertiary/aromatic N) is 6. The van der Waals surface area contributed by atoms with Crippen LogP contribution in [-0.2, 0) is 11.2 Å². The van der Waals surface area contributed by atoms with E-state index in [0.29, 0.717) is 24.5 Å². The van der Waals surface area contributed by atoms with Gasteiger partial charge < -0.3 is 19.7 Å². The van der Waals surface area contributed by atoms with Crippen LogP contribution in [0.3, 0.4) is 0 Å². The van der Waals surface area contributed by atoms with Crippen LogP contribution in [0.15, 0.2) is 29.0 Å². The van der Waals surface area contributed by atoms with Crippen molar-refractivity contribution >= 4 is 5.91 Å². The lowest BCUT2D eigenvalue weighted by atomic mass is 10.1. The van der Waals surface area contributed by atoms with E-state index in [1.807, 2.05) is 0 Å². The van der Waals surface area contributed by atoms with E-state index in [9.17, 15) is 9.90 Å². The van der Waals surface area contributed by atoms with Crippen molar-refractivity contribution in [2.24, 2.45) is 0 Å². The lowest BCUT2D eigenvalue weighted by Gasteiger charge is -2.11. The summed E-state index contributed by atoms with van der Waals surface area (Å²) in [6.45, 7) is 2.17. The molecule has 2 N–H and O–H groups in total. The van der Waals surface area contributed by atoms with Crippen molar-refractivity contribution in [2.45, 2.75) is 19.4 Å². The maximum absolute atomic E-state index is 12.5. The zero-order valence-corrected chi connectivity index (χ0v) is 14.2. The molecule has 0 aliphatic heterocycles. The summed E-state index contributed by atoms with van der Waals surface area (Å²) in [5, 5.41) is 27.4. The number of methoxy groups -OCH3 is 1. The number of tetrazole rings is 1. The Labute approximate surface area is 148 Å². The topological polar surface area (TPSA) is 141 Å². The van der Waals surface area contributed by atoms with Crippen molar-refractivity contribution in [3.05, 3.63) is 41.8 Å². The normalized spacial score (nSPS) is 12.1. The Hall–Kier alpha value is -3.34. The molecule has 1 atom stereocenters. The van der Waals surface area contributed by atoms with E-state index < -0.39 is 11.9 Å². The number of phenolic OH excluding ortho intramolecular Hbond substituents is 1. The number of benzene rings is 1. The van der Waals surface area contributed by atoms with Crippen molar-refractivity contribution in [3.8, 4) is 11.4 Å². The summed E-state index contributed by atoms with van der Waals surface area (Å²) in [6, 6.07) is 3.92. The molecule has 0 radical (unpaired) electrons. The second kappa shape index (κ2) is 7.70. The van der Waals surface area contributed by atoms with Crippen LogP contribution in [0.2, 0.25) is 0 Å². The Morgan fingerprint density at radius 2 is 2.31 bits per heavy atom. The first-order valence-corrected chi connectivity index (χ1v) is 7.77. The van der Waals surface area contributed by atoms with Gasteiger partial charge in [0.15, 0.2) is 5.82 Å². The van der Waals surface area contributed by atoms with Crippen LogP contribution < -0.4 is 5.32 Å². The highest BCUT2D eigenvalue weighted by molar-refractivity contribution is 5.97. The van der Waals surface area contributed by atoms with E-state index in [1.54, 1.807) is 20.1 Å². The van der Waals surface area contributed by atoms with Gasteiger partial charge in [-0.3, -0.25) is 4.79 Å². The molecule has 0 aliphatic carbocycles. The maximum Gasteiger partial charge on any atom is 0.255 e. The number of amides is 1. The number of aromatic nitrogens is 6. The van der Waals surface area contributed by atoms with E-state index in [4.69, 9.17) is 9.26 Å². The van der Waals surface area contributed by atoms with Crippen LogP contribution in [0.25, 0.3) is 5.69 Å². The van der Waals surface area contributed by atoms with Crippen LogP contribution in [0.4, 0.5) is 0 Å². The summed E-state index contributed by atoms with van der Waals surface area (Å²) in [6.07, 6.45) is 1.89. The van der Waals surface area contributed by atoms with Crippen LogP contribution in [0.1, 0.15) is 35.0 Å². The fraction of sp³-hybridized carbons (Fsp3) is 0.333. The predicted molar refractivity (Wildman–Crippen MR) is 86.6 cm³/mol. The van der Waals surface area contributed by atoms with Crippen molar-refractivity contribution in [1.82, 2.24) is 35.7 Å². The van der Waals surface area contributed by atoms with E-state index in [0.717, 1.165) is 0 Å². The van der Waals surface area contributed by atoms with Gasteiger partial charge in [0.25, 0.3) is 5.91 Å². The molecular formula is C15H17N7O4. The molecule has 136 valence electrons. The Bertz CT molecular complexity index is 878. The molecule has 0 aliphatic rings. The van der Waals surface area contributed by atoms with E-state index in [-0.39, 0.29) is 17.2 Å². The second-order valence-electron chi connectivity index (χ2n) is 5.44. The Balaban J connectivity index is 1.73. The summed E-state index contributed by atoms with van der Waals surface area (Å²) in [4.78, 5) is 16.7. The summed E-state index contributed by atoms with van der Waals surface area (Å²) in [5.74, 6) is 0.0893. The van der Waals surface area contributed by atoms with Crippen LogP contribution in [0.5, 0.6) is 5.75 Å². The minimum absolute atomic E-state index is 0.0731. The monoisotopic (exact) mass is 359 g/mol. The zero-order chi connectivity index (χ0) is 18.5. The SMILES string of the molecule is COCCc1noc(C(C)NC(=O)c2cc(-n3cnnn3)ccc2O)n1. The minimum atomic E-state index is -0.539. The number of carbonyl (C=O) groups is 1. The Morgan fingerprint density at radius 1 is 1.46 bits per heavy atom. The lowest BCUT2D eigenvalue weighted by molar-refractivity contribution is 0.0930. The first kappa shape index (κ1) is 17.5. The molecule has 11 heteroatoms. The highest BCUT2D eigenvalue weighted by Crippen LogP contribution is 2.21. The van der Waals surface area contributed by atoms with Gasteiger partial charge >= 0.3 is 0 Å². The number of hydrogen-bond donors (Lipinski definition) is 2. The molecule has 0 fully saturated rings. The summed E-state index contributed by atoms with van der Waals surface area (Å²) >= 11 is 0. The van der Waals surface area contributed by atoms with Gasteiger partial charge in [0.1, 0.15) is 18.1 Å². The van der Waals surface area contributed by atoms with Crippen LogP contribution in [0, 0.1) is 0 Å². The lowest BCUT2D eigenvalue weighted by Crippen LogP contribution is -2.27. The fourth-order valence-corrected chi connectivity index (χ4v) is 2.20. The number of ether oxygens (including phenoxy) is 1. The molecule has 2 aromatic heterocycles. The van der Waals surface area contributed by atoms with Crippen molar-refractivity contribution in [3.63, 3.8) is 0 Å². The van der Waals surface area contributed by atoms with Crippen LogP contribution in [-0.4, -0.2) is 55.1 Å². The zero-order valence-electron chi connectivity index (χ0n) is 14.2. The average Bonchev–Trinajstić information content (AvgIpc) is 3.32. The molecule has 11 nitrogen and oxygen atoms in total. The van der Waals surface area contributed by atoms with Gasteiger partial charge in [-0.2, -0.15) is 4.98 Å². The number of carbonyl (C=O) groups excluding carboxylic acids is 1. The number of rotatable bonds is 7. The first-order valence-electron chi connectivity index (χ1n) is 7.77. The highest BCUT2D eigenvalue weighted by Gasteiger charge is 2.20. The number of aromatic hydroxyl groups is 1. The maximum atomic E-state index is 12.5. The van der Waals surface area contributed by atoms with Gasteiger partial charge in [0, 0.05) is 13.5 Å². The quantitative estimate of drug-likeness (QED) is 0.614. The van der Waals surface area contributed by atoms with Crippen LogP contribution >= 0.6 is 0 Å². The smallest absolute Gasteiger partial charge is 0.255 e. The van der Waals surface area contributed by atoms with Crippen molar-refractivity contribution in [2.75, 3.05) is 13.7 Å². The Kier molecular flexibility index (Phi) is 5.17. The molecule has 3 aromatic rings. The number of phenols is 1. The van der Waals surface area contributed by atoms with Gasteiger partial charge in [-0.05, 0) is 35.5 Å². The highest BCUT2D eigenvalue weighted by atomic mass is 16.5. The molecule has 1 aromatic carbocycles. The predicted octanol–water partition coefficient (Wildman–Crippen LogP) is 0.431. The molecular weight excluding hydrogens is 342 g/mol. The van der Waals surface area contributed by atoms with E-state index >= 15 is 0 Å². The standard InChI is InChI=1S/C15H17N7O4/c1-9(15-18-13(19-26-15)5-6-25-2)17-14(24)11-7-10(3-4-12(11)23)22-8-16-20-21-22/h3-4,7-9,23H,5-6H2,1-2H3,(H,17,24). The van der Waals surface area contributed by atoms with Gasteiger partial charge in [-0.15, -0.1) is 5.10 Å². The summed E-state index contributed by atoms with van der Waals surface area (Å²) < 4.78 is 11.5. The molecule has 3 rings (SSSR count). The molecule has 1 amide bonds. The molecule has 0 bridgehead atoms. The first-order chi connectivity index (χ1) is 12.6. The Morgan fingerprint density at radius 3 is 3.04 bits per heavy atom. The molecule has 26 heavy (non-hydrogen) atoms. The van der Waals surface area contributed by atoms with Crippen molar-refractivity contribution in [1.29, 1.82) is 0 Å². The summed E-state index contributed by atoms with van der Waals surface area (Å²) in [5.41, 5.74) is 0.606. The molecule has 2 heterocycles. The third kappa shape index (κ3) is 3.83. The third-order valence-corrected chi connectivity index (χ3v) is 3.57. The minimum Gasteiger partial charge on any atom is -0.507 e. The van der Waals surface area contributed by atoms with E-state index in [1.165, 1.54) is 23.1 Å². The molecule has 0 saturated carbocycles. The number of hydrogen-bond acceptors (Lipinski definition) is 9. The molecule has 0 spiro atoms. The molecule has 1 unspecified atom stereocenters. The van der Waals surface area contributed by atoms with Crippen molar-refractivity contribution < 1.29 is 19.2 Å². The fourth-order valence-electron chi connectivity index (χ4n) is 2.20. The average molecular weight is 359 g/mol. The van der Waals surface area contributed by atoms with Gasteiger partial charge in [0.05, 0.1) is 17.9 Å². The number of nitrogens with one attached hydrogen (secondary N) is 1. The molecule has 0 saturated heterocycles. The van der Waals surface area contributed by atoms with Gasteiger partial charge in [0.2, 0.25) is 5.89 Å². The second-order valence-corrected chi connectivity index (χ2v) is 5.44. The third-order valence-electron chi connectivity index (χ3n) is 3.57. The largest absolute Gasteiger partial charge is 0.507 e.